The molecule has 1 heterocycles. The van der Waals surface area contributed by atoms with E-state index in [0.29, 0.717) is 9.26 Å². The number of nitrogens with zero attached hydrogens (tertiary/aromatic N) is 1. The number of rotatable bonds is 2. The van der Waals surface area contributed by atoms with Crippen molar-refractivity contribution in [1.82, 2.24) is 4.98 Å². The fourth-order valence-electron chi connectivity index (χ4n) is 1.03. The molecule has 100 valence electrons. The molecular formula is C10H13IN2O4S. The fourth-order valence-corrected chi connectivity index (χ4v) is 2.23. The van der Waals surface area contributed by atoms with Gasteiger partial charge in [0.25, 0.3) is 0 Å². The fraction of sp³-hybridized carbons (Fsp3) is 0.400. The number of halogens is 1. The van der Waals surface area contributed by atoms with Gasteiger partial charge in [-0.25, -0.2) is 18.2 Å². The number of hydrogen-bond acceptors (Lipinski definition) is 5. The minimum atomic E-state index is -2.73. The molecule has 0 fully saturated rings. The lowest BCUT2D eigenvalue weighted by molar-refractivity contribution is 0.0635. The van der Waals surface area contributed by atoms with E-state index in [9.17, 15) is 13.2 Å². The number of thiol groups is 1. The number of anilines is 1. The highest BCUT2D eigenvalue weighted by Gasteiger charge is 2.17. The standard InChI is InChI=1S/C10H13IN2O4S/c1-10(2,3)17-9(14)13-7-5-12-8(18(15)16)4-6(7)11/h4-5,18H,1-3H3,(H,13,14). The molecule has 0 aliphatic carbocycles. The van der Waals surface area contributed by atoms with Gasteiger partial charge in [0.1, 0.15) is 5.60 Å². The van der Waals surface area contributed by atoms with Gasteiger partial charge >= 0.3 is 6.09 Å². The van der Waals surface area contributed by atoms with Gasteiger partial charge in [-0.3, -0.25) is 5.32 Å². The van der Waals surface area contributed by atoms with Gasteiger partial charge in [0.15, 0.2) is 15.7 Å². The van der Waals surface area contributed by atoms with E-state index in [0.717, 1.165) is 0 Å². The highest BCUT2D eigenvalue weighted by Crippen LogP contribution is 2.19. The first-order valence-electron chi connectivity index (χ1n) is 4.99. The molecule has 0 saturated carbocycles. The molecule has 0 aliphatic heterocycles. The molecule has 0 radical (unpaired) electrons. The Bertz CT molecular complexity index is 529. The van der Waals surface area contributed by atoms with Crippen molar-refractivity contribution in [2.45, 2.75) is 31.4 Å². The molecule has 18 heavy (non-hydrogen) atoms. The van der Waals surface area contributed by atoms with Crippen LogP contribution in [0.4, 0.5) is 10.5 Å². The van der Waals surface area contributed by atoms with E-state index in [1.54, 1.807) is 20.8 Å². The van der Waals surface area contributed by atoms with Crippen molar-refractivity contribution >= 4 is 45.1 Å². The number of carbonyl (C=O) groups is 1. The van der Waals surface area contributed by atoms with Crippen LogP contribution in [0.1, 0.15) is 20.8 Å². The molecule has 6 nitrogen and oxygen atoms in total. The minimum Gasteiger partial charge on any atom is -0.444 e. The summed E-state index contributed by atoms with van der Waals surface area (Å²) in [6.07, 6.45) is 0.674. The molecule has 1 N–H and O–H groups in total. The zero-order chi connectivity index (χ0) is 13.9. The molecule has 0 saturated heterocycles. The number of carbonyl (C=O) groups excluding carboxylic acids is 1. The lowest BCUT2D eigenvalue weighted by atomic mass is 10.2. The SMILES string of the molecule is CC(C)(C)OC(=O)Nc1cnc([SH](=O)=O)cc1I. The van der Waals surface area contributed by atoms with Crippen LogP contribution in [0, 0.1) is 3.57 Å². The molecule has 0 spiro atoms. The maximum atomic E-state index is 11.5. The van der Waals surface area contributed by atoms with Crippen LogP contribution in [-0.2, 0) is 15.4 Å². The van der Waals surface area contributed by atoms with E-state index in [2.05, 4.69) is 10.3 Å². The largest absolute Gasteiger partial charge is 0.444 e. The van der Waals surface area contributed by atoms with Crippen LogP contribution in [0.2, 0.25) is 0 Å². The summed E-state index contributed by atoms with van der Waals surface area (Å²) < 4.78 is 27.1. The van der Waals surface area contributed by atoms with E-state index >= 15 is 0 Å². The van der Waals surface area contributed by atoms with Gasteiger partial charge in [0.2, 0.25) is 0 Å². The monoisotopic (exact) mass is 384 g/mol. The molecule has 0 bridgehead atoms. The Hall–Kier alpha value is -0.900. The maximum Gasteiger partial charge on any atom is 0.412 e. The summed E-state index contributed by atoms with van der Waals surface area (Å²) in [5.74, 6) is 0. The first-order valence-corrected chi connectivity index (χ1v) is 7.24. The minimum absolute atomic E-state index is 0.0378. The molecule has 0 aliphatic rings. The summed E-state index contributed by atoms with van der Waals surface area (Å²) in [6, 6.07) is 1.37. The van der Waals surface area contributed by atoms with Gasteiger partial charge < -0.3 is 4.74 Å². The first-order chi connectivity index (χ1) is 8.19. The molecule has 1 amide bonds. The number of pyridine rings is 1. The Morgan fingerprint density at radius 2 is 2.06 bits per heavy atom. The second kappa shape index (κ2) is 5.83. The Labute approximate surface area is 120 Å². The van der Waals surface area contributed by atoms with E-state index in [1.165, 1.54) is 12.3 Å². The van der Waals surface area contributed by atoms with E-state index < -0.39 is 22.4 Å². The Balaban J connectivity index is 2.83. The van der Waals surface area contributed by atoms with Crippen LogP contribution in [0.3, 0.4) is 0 Å². The molecule has 0 atom stereocenters. The topological polar surface area (TPSA) is 85.4 Å². The normalized spacial score (nSPS) is 11.4. The summed E-state index contributed by atoms with van der Waals surface area (Å²) >= 11 is 1.91. The van der Waals surface area contributed by atoms with Crippen molar-refractivity contribution < 1.29 is 17.9 Å². The van der Waals surface area contributed by atoms with Gasteiger partial charge in [-0.1, -0.05) is 0 Å². The van der Waals surface area contributed by atoms with Crippen molar-refractivity contribution in [2.75, 3.05) is 5.32 Å². The van der Waals surface area contributed by atoms with Gasteiger partial charge in [-0.05, 0) is 49.4 Å². The molecule has 1 aromatic rings. The van der Waals surface area contributed by atoms with Crippen LogP contribution >= 0.6 is 22.6 Å². The van der Waals surface area contributed by atoms with Gasteiger partial charge in [0.05, 0.1) is 11.9 Å². The molecule has 1 aromatic heterocycles. The van der Waals surface area contributed by atoms with Crippen molar-refractivity contribution in [3.63, 3.8) is 0 Å². The average Bonchev–Trinajstić information content (AvgIpc) is 2.17. The summed E-state index contributed by atoms with van der Waals surface area (Å²) in [7, 11) is -2.73. The van der Waals surface area contributed by atoms with E-state index in [4.69, 9.17) is 4.74 Å². The third kappa shape index (κ3) is 4.77. The molecule has 1 rings (SSSR count). The van der Waals surface area contributed by atoms with Crippen LogP contribution in [0.15, 0.2) is 17.3 Å². The van der Waals surface area contributed by atoms with Crippen molar-refractivity contribution in [3.8, 4) is 0 Å². The average molecular weight is 384 g/mol. The second-order valence-electron chi connectivity index (χ2n) is 4.41. The molecular weight excluding hydrogens is 371 g/mol. The van der Waals surface area contributed by atoms with Crippen LogP contribution in [0.25, 0.3) is 0 Å². The van der Waals surface area contributed by atoms with Crippen LogP contribution < -0.4 is 5.32 Å². The molecule has 0 aromatic carbocycles. The third-order valence-electron chi connectivity index (χ3n) is 1.66. The van der Waals surface area contributed by atoms with Gasteiger partial charge in [-0.2, -0.15) is 0 Å². The smallest absolute Gasteiger partial charge is 0.412 e. The van der Waals surface area contributed by atoms with Crippen molar-refractivity contribution in [1.29, 1.82) is 0 Å². The zero-order valence-corrected chi connectivity index (χ0v) is 13.1. The Morgan fingerprint density at radius 1 is 1.44 bits per heavy atom. The molecule has 0 unspecified atom stereocenters. The number of aromatic nitrogens is 1. The second-order valence-corrected chi connectivity index (χ2v) is 6.54. The summed E-state index contributed by atoms with van der Waals surface area (Å²) in [4.78, 5) is 15.2. The Morgan fingerprint density at radius 3 is 2.50 bits per heavy atom. The van der Waals surface area contributed by atoms with Crippen molar-refractivity contribution in [3.05, 3.63) is 15.8 Å². The predicted molar refractivity (Wildman–Crippen MR) is 75.4 cm³/mol. The number of hydrogen-bond donors (Lipinski definition) is 2. The molecule has 8 heteroatoms. The van der Waals surface area contributed by atoms with E-state index in [1.807, 2.05) is 22.6 Å². The number of amides is 1. The Kier molecular flexibility index (Phi) is 4.91. The van der Waals surface area contributed by atoms with E-state index in [-0.39, 0.29) is 5.03 Å². The number of nitrogens with one attached hydrogen (secondary N) is 1. The highest BCUT2D eigenvalue weighted by atomic mass is 127. The van der Waals surface area contributed by atoms with Crippen molar-refractivity contribution in [2.24, 2.45) is 0 Å². The highest BCUT2D eigenvalue weighted by molar-refractivity contribution is 14.1. The van der Waals surface area contributed by atoms with Crippen LogP contribution in [-0.4, -0.2) is 25.1 Å². The maximum absolute atomic E-state index is 11.5. The third-order valence-corrected chi connectivity index (χ3v) is 3.17. The summed E-state index contributed by atoms with van der Waals surface area (Å²) in [5, 5.41) is 2.47. The predicted octanol–water partition coefficient (Wildman–Crippen LogP) is 2.00. The summed E-state index contributed by atoms with van der Waals surface area (Å²) in [5.41, 5.74) is -0.188. The zero-order valence-electron chi connectivity index (χ0n) is 10.1. The number of ether oxygens (including phenoxy) is 1. The first kappa shape index (κ1) is 15.2. The lowest BCUT2D eigenvalue weighted by Gasteiger charge is -2.19. The quantitative estimate of drug-likeness (QED) is 0.602. The van der Waals surface area contributed by atoms with Gasteiger partial charge in [0, 0.05) is 3.57 Å². The van der Waals surface area contributed by atoms with Gasteiger partial charge in [-0.15, -0.1) is 0 Å². The van der Waals surface area contributed by atoms with Crippen LogP contribution in [0.5, 0.6) is 0 Å². The summed E-state index contributed by atoms with van der Waals surface area (Å²) in [6.45, 7) is 5.25. The lowest BCUT2D eigenvalue weighted by Crippen LogP contribution is -2.27.